The van der Waals surface area contributed by atoms with Gasteiger partial charge in [0.1, 0.15) is 6.33 Å². The van der Waals surface area contributed by atoms with Crippen LogP contribution in [0.1, 0.15) is 25.8 Å². The predicted octanol–water partition coefficient (Wildman–Crippen LogP) is 1.45. The smallest absolute Gasteiger partial charge is 0.263 e. The number of pyridine rings is 1. The minimum absolute atomic E-state index is 0.00444. The Morgan fingerprint density at radius 2 is 2.11 bits per heavy atom. The van der Waals surface area contributed by atoms with E-state index in [4.69, 9.17) is 0 Å². The van der Waals surface area contributed by atoms with Crippen LogP contribution in [0.2, 0.25) is 0 Å². The van der Waals surface area contributed by atoms with Crippen LogP contribution in [0.5, 0.6) is 0 Å². The molecule has 1 saturated heterocycles. The van der Waals surface area contributed by atoms with Crippen LogP contribution in [0.25, 0.3) is 11.0 Å². The van der Waals surface area contributed by atoms with Crippen molar-refractivity contribution in [2.75, 3.05) is 19.6 Å². The molecule has 0 saturated carbocycles. The maximum Gasteiger partial charge on any atom is 0.263 e. The maximum atomic E-state index is 12.4. The van der Waals surface area contributed by atoms with Crippen molar-refractivity contribution < 1.29 is 0 Å². The average Bonchev–Trinajstić information content (AvgIpc) is 2.92. The summed E-state index contributed by atoms with van der Waals surface area (Å²) in [5.74, 6) is 0. The molecule has 0 aliphatic carbocycles. The summed E-state index contributed by atoms with van der Waals surface area (Å²) in [5.41, 5.74) is 0.530. The molecule has 19 heavy (non-hydrogen) atoms. The molecule has 0 spiro atoms. The Morgan fingerprint density at radius 1 is 1.32 bits per heavy atom. The molecule has 100 valence electrons. The van der Waals surface area contributed by atoms with Crippen molar-refractivity contribution in [3.05, 3.63) is 35.0 Å². The van der Waals surface area contributed by atoms with E-state index in [9.17, 15) is 4.79 Å². The topological polar surface area (TPSA) is 51.0 Å². The first-order valence-corrected chi connectivity index (χ1v) is 6.80. The molecule has 3 heterocycles. The first-order chi connectivity index (χ1) is 9.25. The van der Waals surface area contributed by atoms with Gasteiger partial charge >= 0.3 is 0 Å². The van der Waals surface area contributed by atoms with Crippen molar-refractivity contribution in [2.24, 2.45) is 0 Å². The van der Waals surface area contributed by atoms with Gasteiger partial charge in [-0.05, 0) is 45.0 Å². The van der Waals surface area contributed by atoms with Gasteiger partial charge in [0, 0.05) is 18.8 Å². The van der Waals surface area contributed by atoms with E-state index in [1.807, 2.05) is 0 Å². The molecule has 0 amide bonds. The highest BCUT2D eigenvalue weighted by molar-refractivity contribution is 5.72. The van der Waals surface area contributed by atoms with E-state index in [1.165, 1.54) is 12.8 Å². The number of nitrogens with zero attached hydrogens (tertiary/aromatic N) is 4. The Kier molecular flexibility index (Phi) is 3.29. The lowest BCUT2D eigenvalue weighted by Crippen LogP contribution is -2.32. The maximum absolute atomic E-state index is 12.4. The Morgan fingerprint density at radius 3 is 2.89 bits per heavy atom. The van der Waals surface area contributed by atoms with Crippen LogP contribution >= 0.6 is 0 Å². The summed E-state index contributed by atoms with van der Waals surface area (Å²) in [6, 6.07) is 3.71. The molecule has 1 aliphatic heterocycles. The van der Waals surface area contributed by atoms with Crippen molar-refractivity contribution in [3.8, 4) is 0 Å². The zero-order valence-electron chi connectivity index (χ0n) is 11.1. The number of likely N-dealkylation sites (tertiary alicyclic amines) is 1. The summed E-state index contributed by atoms with van der Waals surface area (Å²) in [4.78, 5) is 23.2. The summed E-state index contributed by atoms with van der Waals surface area (Å²) in [6.07, 6.45) is 5.81. The second-order valence-corrected chi connectivity index (χ2v) is 5.19. The monoisotopic (exact) mass is 258 g/mol. The normalized spacial score (nSPS) is 17.9. The summed E-state index contributed by atoms with van der Waals surface area (Å²) < 4.78 is 1.72. The molecule has 5 nitrogen and oxygen atoms in total. The fourth-order valence-electron chi connectivity index (χ4n) is 2.72. The molecule has 1 fully saturated rings. The van der Waals surface area contributed by atoms with Crippen molar-refractivity contribution in [2.45, 2.75) is 25.8 Å². The summed E-state index contributed by atoms with van der Waals surface area (Å²) in [5, 5.41) is 0.596. The van der Waals surface area contributed by atoms with E-state index < -0.39 is 0 Å². The molecule has 2 aromatic heterocycles. The zero-order chi connectivity index (χ0) is 13.2. The second-order valence-electron chi connectivity index (χ2n) is 5.19. The number of aromatic nitrogens is 3. The molecular formula is C14H18N4O. The van der Waals surface area contributed by atoms with E-state index in [0.29, 0.717) is 11.0 Å². The van der Waals surface area contributed by atoms with Crippen LogP contribution < -0.4 is 5.56 Å². The fourth-order valence-corrected chi connectivity index (χ4v) is 2.72. The van der Waals surface area contributed by atoms with Gasteiger partial charge < -0.3 is 4.90 Å². The van der Waals surface area contributed by atoms with Gasteiger partial charge in [0.25, 0.3) is 5.56 Å². The molecule has 0 aromatic carbocycles. The van der Waals surface area contributed by atoms with E-state index in [2.05, 4.69) is 21.8 Å². The fraction of sp³-hybridized carbons (Fsp3) is 0.500. The van der Waals surface area contributed by atoms with E-state index >= 15 is 0 Å². The first-order valence-electron chi connectivity index (χ1n) is 6.80. The number of rotatable bonds is 3. The van der Waals surface area contributed by atoms with Gasteiger partial charge in [-0.15, -0.1) is 0 Å². The van der Waals surface area contributed by atoms with Gasteiger partial charge in [0.2, 0.25) is 0 Å². The van der Waals surface area contributed by atoms with Crippen LogP contribution in [0.3, 0.4) is 0 Å². The van der Waals surface area contributed by atoms with Gasteiger partial charge in [0.15, 0.2) is 5.65 Å². The van der Waals surface area contributed by atoms with Gasteiger partial charge in [-0.2, -0.15) is 0 Å². The Balaban J connectivity index is 1.91. The lowest BCUT2D eigenvalue weighted by atomic mass is 10.2. The zero-order valence-corrected chi connectivity index (χ0v) is 11.1. The Labute approximate surface area is 111 Å². The van der Waals surface area contributed by atoms with Crippen LogP contribution in [0, 0.1) is 0 Å². The van der Waals surface area contributed by atoms with Crippen LogP contribution in [0.4, 0.5) is 0 Å². The molecule has 0 radical (unpaired) electrons. The largest absolute Gasteiger partial charge is 0.301 e. The molecule has 3 rings (SSSR count). The van der Waals surface area contributed by atoms with E-state index in [-0.39, 0.29) is 11.6 Å². The van der Waals surface area contributed by atoms with E-state index in [0.717, 1.165) is 19.6 Å². The third-order valence-electron chi connectivity index (χ3n) is 3.75. The SMILES string of the molecule is C[C@@H](CN1CCCC1)n1cnc2ncccc2c1=O. The van der Waals surface area contributed by atoms with Crippen molar-refractivity contribution >= 4 is 11.0 Å². The van der Waals surface area contributed by atoms with Gasteiger partial charge in [-0.25, -0.2) is 9.97 Å². The lowest BCUT2D eigenvalue weighted by Gasteiger charge is -2.21. The number of fused-ring (bicyclic) bond motifs is 1. The van der Waals surface area contributed by atoms with Crippen molar-refractivity contribution in [1.82, 2.24) is 19.4 Å². The van der Waals surface area contributed by atoms with Gasteiger partial charge in [0.05, 0.1) is 5.39 Å². The van der Waals surface area contributed by atoms with E-state index in [1.54, 1.807) is 29.2 Å². The Bertz CT molecular complexity index is 631. The third-order valence-corrected chi connectivity index (χ3v) is 3.75. The van der Waals surface area contributed by atoms with Crippen LogP contribution in [0.15, 0.2) is 29.5 Å². The van der Waals surface area contributed by atoms with Crippen LogP contribution in [-0.4, -0.2) is 39.1 Å². The molecule has 1 atom stereocenters. The molecule has 0 N–H and O–H groups in total. The minimum atomic E-state index is 0.00444. The summed E-state index contributed by atoms with van der Waals surface area (Å²) >= 11 is 0. The number of hydrogen-bond acceptors (Lipinski definition) is 4. The highest BCUT2D eigenvalue weighted by Gasteiger charge is 2.17. The van der Waals surface area contributed by atoms with Crippen molar-refractivity contribution in [1.29, 1.82) is 0 Å². The molecular weight excluding hydrogens is 240 g/mol. The first kappa shape index (κ1) is 12.3. The standard InChI is InChI=1S/C14H18N4O/c1-11(9-17-7-2-3-8-17)18-10-16-13-12(14(18)19)5-4-6-15-13/h4-6,10-11H,2-3,7-9H2,1H3/t11-/m0/s1. The summed E-state index contributed by atoms with van der Waals surface area (Å²) in [7, 11) is 0. The Hall–Kier alpha value is -1.75. The molecule has 5 heteroatoms. The van der Waals surface area contributed by atoms with Crippen LogP contribution in [-0.2, 0) is 0 Å². The van der Waals surface area contributed by atoms with Gasteiger partial charge in [-0.3, -0.25) is 9.36 Å². The average molecular weight is 258 g/mol. The highest BCUT2D eigenvalue weighted by atomic mass is 16.1. The molecule has 2 aromatic rings. The second kappa shape index (κ2) is 5.09. The highest BCUT2D eigenvalue weighted by Crippen LogP contribution is 2.13. The van der Waals surface area contributed by atoms with Crippen molar-refractivity contribution in [3.63, 3.8) is 0 Å². The lowest BCUT2D eigenvalue weighted by molar-refractivity contribution is 0.284. The molecule has 0 bridgehead atoms. The molecule has 0 unspecified atom stereocenters. The third kappa shape index (κ3) is 2.38. The molecule has 1 aliphatic rings. The van der Waals surface area contributed by atoms with Gasteiger partial charge in [-0.1, -0.05) is 0 Å². The number of hydrogen-bond donors (Lipinski definition) is 0. The predicted molar refractivity (Wildman–Crippen MR) is 74.2 cm³/mol. The quantitative estimate of drug-likeness (QED) is 0.836. The summed E-state index contributed by atoms with van der Waals surface area (Å²) in [6.45, 7) is 5.26. The minimum Gasteiger partial charge on any atom is -0.301 e.